The number of carbonyl (C=O) groups is 3. The molecule has 0 aliphatic heterocycles. The monoisotopic (exact) mass is 417 g/mol. The van der Waals surface area contributed by atoms with Gasteiger partial charge in [-0.1, -0.05) is 18.2 Å². The molecular weight excluding hydrogens is 394 g/mol. The molecule has 0 saturated carbocycles. The summed E-state index contributed by atoms with van der Waals surface area (Å²) in [5.74, 6) is -1.37. The first kappa shape index (κ1) is 21.5. The Morgan fingerprint density at radius 3 is 2.19 bits per heavy atom. The minimum Gasteiger partial charge on any atom is -0.378 e. The zero-order chi connectivity index (χ0) is 22.4. The lowest BCUT2D eigenvalue weighted by Crippen LogP contribution is -2.42. The highest BCUT2D eigenvalue weighted by Gasteiger charge is 2.17. The fourth-order valence-electron chi connectivity index (χ4n) is 2.89. The average molecular weight is 417 g/mol. The fourth-order valence-corrected chi connectivity index (χ4v) is 2.89. The Morgan fingerprint density at radius 2 is 1.48 bits per heavy atom. The lowest BCUT2D eigenvalue weighted by Gasteiger charge is -2.15. The fraction of sp³-hybridized carbons (Fsp3) is 0.130. The van der Waals surface area contributed by atoms with E-state index < -0.39 is 11.8 Å². The minimum atomic E-state index is -0.550. The summed E-state index contributed by atoms with van der Waals surface area (Å²) >= 11 is 0. The first-order valence-electron chi connectivity index (χ1n) is 9.56. The van der Waals surface area contributed by atoms with E-state index in [4.69, 9.17) is 0 Å². The van der Waals surface area contributed by atoms with Crippen molar-refractivity contribution in [2.24, 2.45) is 0 Å². The number of aromatic nitrogens is 1. The van der Waals surface area contributed by atoms with Crippen LogP contribution in [-0.2, 0) is 0 Å². The van der Waals surface area contributed by atoms with E-state index in [1.165, 1.54) is 12.4 Å². The molecule has 0 atom stereocenters. The number of amides is 3. The van der Waals surface area contributed by atoms with Crippen LogP contribution in [0.3, 0.4) is 0 Å². The van der Waals surface area contributed by atoms with Gasteiger partial charge in [0, 0.05) is 43.3 Å². The van der Waals surface area contributed by atoms with Crippen LogP contribution >= 0.6 is 0 Å². The van der Waals surface area contributed by atoms with Gasteiger partial charge in [-0.3, -0.25) is 30.2 Å². The average Bonchev–Trinajstić information content (AvgIpc) is 2.79. The molecule has 2 aromatic carbocycles. The first-order chi connectivity index (χ1) is 14.9. The third kappa shape index (κ3) is 5.24. The van der Waals surface area contributed by atoms with Gasteiger partial charge >= 0.3 is 0 Å². The van der Waals surface area contributed by atoms with Gasteiger partial charge in [0.1, 0.15) is 0 Å². The van der Waals surface area contributed by atoms with Crippen molar-refractivity contribution in [3.05, 3.63) is 89.2 Å². The number of hydrogen-bond donors (Lipinski definition) is 3. The molecule has 158 valence electrons. The maximum absolute atomic E-state index is 12.8. The molecule has 8 heteroatoms. The van der Waals surface area contributed by atoms with Gasteiger partial charge in [-0.2, -0.15) is 0 Å². The number of hydrogen-bond acceptors (Lipinski definition) is 5. The maximum Gasteiger partial charge on any atom is 0.271 e. The maximum atomic E-state index is 12.8. The van der Waals surface area contributed by atoms with Gasteiger partial charge in [0.05, 0.1) is 11.3 Å². The van der Waals surface area contributed by atoms with Crippen LogP contribution < -0.4 is 21.1 Å². The molecule has 0 aliphatic carbocycles. The Kier molecular flexibility index (Phi) is 6.61. The van der Waals surface area contributed by atoms with Crippen LogP contribution in [0, 0.1) is 6.92 Å². The summed E-state index contributed by atoms with van der Waals surface area (Å²) in [6.45, 7) is 1.78. The van der Waals surface area contributed by atoms with E-state index in [1.54, 1.807) is 55.5 Å². The number of benzene rings is 2. The summed E-state index contributed by atoms with van der Waals surface area (Å²) in [4.78, 5) is 43.5. The molecule has 0 aliphatic rings. The number of para-hydroxylation sites is 1. The summed E-state index contributed by atoms with van der Waals surface area (Å²) in [6, 6.07) is 15.2. The van der Waals surface area contributed by atoms with Crippen molar-refractivity contribution in [3.8, 4) is 0 Å². The highest BCUT2D eigenvalue weighted by molar-refractivity contribution is 6.10. The van der Waals surface area contributed by atoms with Crippen LogP contribution in [0.4, 0.5) is 11.4 Å². The van der Waals surface area contributed by atoms with E-state index >= 15 is 0 Å². The minimum absolute atomic E-state index is 0.227. The predicted molar refractivity (Wildman–Crippen MR) is 119 cm³/mol. The van der Waals surface area contributed by atoms with Crippen molar-refractivity contribution in [2.75, 3.05) is 24.3 Å². The van der Waals surface area contributed by atoms with Gasteiger partial charge in [0.25, 0.3) is 17.7 Å². The Morgan fingerprint density at radius 1 is 0.806 bits per heavy atom. The normalized spacial score (nSPS) is 10.2. The molecule has 0 unspecified atom stereocenters. The van der Waals surface area contributed by atoms with E-state index in [-0.39, 0.29) is 11.5 Å². The molecular formula is C23H23N5O3. The van der Waals surface area contributed by atoms with Gasteiger partial charge in [0.2, 0.25) is 0 Å². The molecule has 8 nitrogen and oxygen atoms in total. The van der Waals surface area contributed by atoms with E-state index in [9.17, 15) is 14.4 Å². The molecule has 1 aromatic heterocycles. The van der Waals surface area contributed by atoms with Crippen molar-refractivity contribution in [1.82, 2.24) is 15.8 Å². The molecule has 0 bridgehead atoms. The Balaban J connectivity index is 1.73. The largest absolute Gasteiger partial charge is 0.378 e. The predicted octanol–water partition coefficient (Wildman–Crippen LogP) is 2.78. The third-order valence-electron chi connectivity index (χ3n) is 4.61. The van der Waals surface area contributed by atoms with Crippen molar-refractivity contribution in [2.45, 2.75) is 6.92 Å². The van der Waals surface area contributed by atoms with Gasteiger partial charge in [-0.15, -0.1) is 0 Å². The second-order valence-corrected chi connectivity index (χ2v) is 7.04. The zero-order valence-electron chi connectivity index (χ0n) is 17.5. The van der Waals surface area contributed by atoms with Crippen molar-refractivity contribution in [3.63, 3.8) is 0 Å². The number of carbonyl (C=O) groups excluding carboxylic acids is 3. The molecule has 0 radical (unpaired) electrons. The Labute approximate surface area is 180 Å². The summed E-state index contributed by atoms with van der Waals surface area (Å²) in [6.07, 6.45) is 3.03. The van der Waals surface area contributed by atoms with Crippen molar-refractivity contribution >= 4 is 29.1 Å². The number of aryl methyl sites for hydroxylation is 1. The molecule has 3 aromatic rings. The van der Waals surface area contributed by atoms with Crippen molar-refractivity contribution in [1.29, 1.82) is 0 Å². The van der Waals surface area contributed by atoms with Crippen LogP contribution in [0.1, 0.15) is 36.6 Å². The second-order valence-electron chi connectivity index (χ2n) is 7.04. The summed E-state index contributed by atoms with van der Waals surface area (Å²) in [7, 11) is 3.75. The number of anilines is 2. The van der Waals surface area contributed by atoms with Gasteiger partial charge in [-0.05, 0) is 48.9 Å². The topological polar surface area (TPSA) is 103 Å². The van der Waals surface area contributed by atoms with Crippen LogP contribution in [0.2, 0.25) is 0 Å². The lowest BCUT2D eigenvalue weighted by atomic mass is 10.1. The van der Waals surface area contributed by atoms with E-state index in [1.807, 2.05) is 25.1 Å². The summed E-state index contributed by atoms with van der Waals surface area (Å²) in [5, 5.41) is 2.77. The molecule has 31 heavy (non-hydrogen) atoms. The van der Waals surface area contributed by atoms with Gasteiger partial charge in [-0.25, -0.2) is 0 Å². The molecule has 0 spiro atoms. The molecule has 1 heterocycles. The summed E-state index contributed by atoms with van der Waals surface area (Å²) < 4.78 is 0. The quantitative estimate of drug-likeness (QED) is 0.554. The lowest BCUT2D eigenvalue weighted by molar-refractivity contribution is 0.0847. The number of nitrogens with zero attached hydrogens (tertiary/aromatic N) is 2. The standard InChI is InChI=1S/C23H23N5O3/c1-15-6-4-9-19(20(15)25-21(29)16-10-12-24-13-11-16)23(31)27-26-22(30)17-7-5-8-18(14-17)28(2)3/h4-14H,1-3H3,(H,25,29)(H,26,30)(H,27,31). The number of nitrogens with one attached hydrogen (secondary N) is 3. The number of hydrazine groups is 1. The van der Waals surface area contributed by atoms with Crippen LogP contribution in [0.15, 0.2) is 67.0 Å². The Bertz CT molecular complexity index is 1110. The SMILES string of the molecule is Cc1cccc(C(=O)NNC(=O)c2cccc(N(C)C)c2)c1NC(=O)c1ccncc1. The van der Waals surface area contributed by atoms with Crippen LogP contribution in [0.25, 0.3) is 0 Å². The van der Waals surface area contributed by atoms with E-state index in [0.717, 1.165) is 5.69 Å². The van der Waals surface area contributed by atoms with Gasteiger partial charge < -0.3 is 10.2 Å². The molecule has 3 amide bonds. The molecule has 0 saturated heterocycles. The highest BCUT2D eigenvalue weighted by atomic mass is 16.2. The number of pyridine rings is 1. The van der Waals surface area contributed by atoms with Crippen LogP contribution in [-0.4, -0.2) is 36.8 Å². The molecule has 3 rings (SSSR count). The smallest absolute Gasteiger partial charge is 0.271 e. The van der Waals surface area contributed by atoms with E-state index in [0.29, 0.717) is 22.4 Å². The van der Waals surface area contributed by atoms with Gasteiger partial charge in [0.15, 0.2) is 0 Å². The second kappa shape index (κ2) is 9.53. The van der Waals surface area contributed by atoms with Crippen LogP contribution in [0.5, 0.6) is 0 Å². The molecule has 0 fully saturated rings. The summed E-state index contributed by atoms with van der Waals surface area (Å²) in [5.41, 5.74) is 7.81. The van der Waals surface area contributed by atoms with Crippen molar-refractivity contribution < 1.29 is 14.4 Å². The zero-order valence-corrected chi connectivity index (χ0v) is 17.5. The van der Waals surface area contributed by atoms with E-state index in [2.05, 4.69) is 21.2 Å². The third-order valence-corrected chi connectivity index (χ3v) is 4.61. The molecule has 3 N–H and O–H groups in total. The Hall–Kier alpha value is -4.20. The highest BCUT2D eigenvalue weighted by Crippen LogP contribution is 2.21. The number of rotatable bonds is 5. The first-order valence-corrected chi connectivity index (χ1v) is 9.56.